The number of rotatable bonds is 12. The lowest BCUT2D eigenvalue weighted by Crippen LogP contribution is -2.44. The van der Waals surface area contributed by atoms with E-state index in [9.17, 15) is 14.7 Å². The number of amides is 2. The Morgan fingerprint density at radius 3 is 2.37 bits per heavy atom. The predicted molar refractivity (Wildman–Crippen MR) is 201 cm³/mol. The first kappa shape index (κ1) is 39.0. The Balaban J connectivity index is 1.40. The first-order valence-electron chi connectivity index (χ1n) is 17.5. The van der Waals surface area contributed by atoms with Crippen LogP contribution in [-0.2, 0) is 16.0 Å². The summed E-state index contributed by atoms with van der Waals surface area (Å²) in [5, 5.41) is 19.6. The topological polar surface area (TPSA) is 123 Å². The van der Waals surface area contributed by atoms with Crippen molar-refractivity contribution in [3.63, 3.8) is 0 Å². The number of aryl methyl sites for hydroxylation is 1. The number of hydrogen-bond acceptors (Lipinski definition) is 8. The van der Waals surface area contributed by atoms with Crippen LogP contribution in [0.3, 0.4) is 0 Å². The van der Waals surface area contributed by atoms with Gasteiger partial charge in [-0.25, -0.2) is 4.79 Å². The van der Waals surface area contributed by atoms with Crippen molar-refractivity contribution in [2.75, 3.05) is 32.8 Å². The van der Waals surface area contributed by atoms with Crippen LogP contribution in [0.15, 0.2) is 65.2 Å². The van der Waals surface area contributed by atoms with E-state index in [1.165, 1.54) is 6.92 Å². The van der Waals surface area contributed by atoms with E-state index in [0.29, 0.717) is 71.0 Å². The van der Waals surface area contributed by atoms with Gasteiger partial charge in [-0.2, -0.15) is 0 Å². The molecule has 4 aromatic rings. The van der Waals surface area contributed by atoms with Gasteiger partial charge in [0, 0.05) is 38.0 Å². The Labute approximate surface area is 315 Å². The molecule has 2 heterocycles. The quantitative estimate of drug-likeness (QED) is 0.138. The van der Waals surface area contributed by atoms with Crippen molar-refractivity contribution in [1.29, 1.82) is 0 Å². The minimum absolute atomic E-state index is 0.0626. The van der Waals surface area contributed by atoms with Crippen molar-refractivity contribution < 1.29 is 33.4 Å². The smallest absolute Gasteiger partial charge is 0.410 e. The van der Waals surface area contributed by atoms with Crippen LogP contribution >= 0.6 is 23.2 Å². The number of aliphatic hydroxyl groups excluding tert-OH is 1. The maximum atomic E-state index is 13.3. The summed E-state index contributed by atoms with van der Waals surface area (Å²) < 4.78 is 23.6. The van der Waals surface area contributed by atoms with E-state index in [2.05, 4.69) is 10.5 Å². The number of aliphatic hydroxyl groups is 1. The van der Waals surface area contributed by atoms with Gasteiger partial charge in [0.05, 0.1) is 27.4 Å². The molecule has 1 aliphatic heterocycles. The zero-order valence-electron chi connectivity index (χ0n) is 30.5. The van der Waals surface area contributed by atoms with Gasteiger partial charge in [0.25, 0.3) is 0 Å². The summed E-state index contributed by atoms with van der Waals surface area (Å²) in [6.45, 7) is 12.4. The Hall–Kier alpha value is -4.25. The standard InChI is InChI=1S/C40H47Cl2N3O7/c1-24-21-33(41)38(34(42)22-24)50-20-19-49-29-13-11-28(12-14-29)30-16-18-45(39(48)51-40(4,5)6)23-32(30)36-35(25(2)46)37(52-44-36)31-10-8-7-9-27(31)15-17-43-26(3)47/h7-14,21-22,25,30,32,46H,15-20,23H2,1-6H3,(H,43,47)/t25?,30-,32+/m1/s1. The van der Waals surface area contributed by atoms with E-state index in [-0.39, 0.29) is 31.0 Å². The first-order valence-corrected chi connectivity index (χ1v) is 18.3. The van der Waals surface area contributed by atoms with Crippen molar-refractivity contribution in [2.24, 2.45) is 0 Å². The number of aromatic nitrogens is 1. The van der Waals surface area contributed by atoms with Gasteiger partial charge in [0.15, 0.2) is 11.5 Å². The molecule has 2 amide bonds. The lowest BCUT2D eigenvalue weighted by Gasteiger charge is -2.39. The fraction of sp³-hybridized carbons (Fsp3) is 0.425. The monoisotopic (exact) mass is 751 g/mol. The number of nitrogens with zero attached hydrogens (tertiary/aromatic N) is 2. The third-order valence-electron chi connectivity index (χ3n) is 8.87. The van der Waals surface area contributed by atoms with Crippen LogP contribution in [0.2, 0.25) is 10.0 Å². The molecule has 0 spiro atoms. The lowest BCUT2D eigenvalue weighted by atomic mass is 9.77. The molecule has 5 rings (SSSR count). The highest BCUT2D eigenvalue weighted by Crippen LogP contribution is 2.45. The first-order chi connectivity index (χ1) is 24.7. The number of piperidine rings is 1. The van der Waals surface area contributed by atoms with E-state index in [1.54, 1.807) is 24.0 Å². The van der Waals surface area contributed by atoms with Crippen LogP contribution in [0.5, 0.6) is 11.5 Å². The Bertz CT molecular complexity index is 1830. The second-order valence-corrected chi connectivity index (χ2v) is 14.9. The molecule has 0 radical (unpaired) electrons. The van der Waals surface area contributed by atoms with E-state index in [4.69, 9.17) is 41.9 Å². The molecule has 1 unspecified atom stereocenters. The minimum Gasteiger partial charge on any atom is -0.490 e. The second kappa shape index (κ2) is 17.1. The minimum atomic E-state index is -0.917. The Morgan fingerprint density at radius 2 is 1.71 bits per heavy atom. The highest BCUT2D eigenvalue weighted by Gasteiger charge is 2.40. The van der Waals surface area contributed by atoms with Crippen LogP contribution < -0.4 is 14.8 Å². The van der Waals surface area contributed by atoms with E-state index in [1.807, 2.05) is 76.2 Å². The molecule has 0 saturated carbocycles. The second-order valence-electron chi connectivity index (χ2n) is 14.1. The van der Waals surface area contributed by atoms with Gasteiger partial charge in [0.1, 0.15) is 24.6 Å². The number of hydrogen-bond donors (Lipinski definition) is 2. The molecule has 3 aromatic carbocycles. The average Bonchev–Trinajstić information content (AvgIpc) is 3.52. The molecular weight excluding hydrogens is 705 g/mol. The molecule has 10 nitrogen and oxygen atoms in total. The van der Waals surface area contributed by atoms with Crippen LogP contribution in [0.25, 0.3) is 11.3 Å². The summed E-state index contributed by atoms with van der Waals surface area (Å²) in [6.07, 6.45) is -0.122. The summed E-state index contributed by atoms with van der Waals surface area (Å²) in [6, 6.07) is 19.2. The number of nitrogens with one attached hydrogen (secondary N) is 1. The number of benzene rings is 3. The van der Waals surface area contributed by atoms with Crippen LogP contribution in [0, 0.1) is 6.92 Å². The Morgan fingerprint density at radius 1 is 1.04 bits per heavy atom. The third kappa shape index (κ3) is 9.79. The van der Waals surface area contributed by atoms with Gasteiger partial charge in [-0.05, 0) is 94.3 Å². The van der Waals surface area contributed by atoms with Crippen molar-refractivity contribution in [2.45, 2.75) is 77.9 Å². The summed E-state index contributed by atoms with van der Waals surface area (Å²) in [5.74, 6) is 1.07. The van der Waals surface area contributed by atoms with Crippen molar-refractivity contribution in [3.05, 3.63) is 98.7 Å². The van der Waals surface area contributed by atoms with Crippen LogP contribution in [0.1, 0.15) is 86.9 Å². The molecule has 0 aliphatic carbocycles. The lowest BCUT2D eigenvalue weighted by molar-refractivity contribution is -0.118. The molecule has 1 fully saturated rings. The molecule has 52 heavy (non-hydrogen) atoms. The van der Waals surface area contributed by atoms with Crippen LogP contribution in [0.4, 0.5) is 4.79 Å². The highest BCUT2D eigenvalue weighted by atomic mass is 35.5. The number of carbonyl (C=O) groups excluding carboxylic acids is 2. The molecule has 2 N–H and O–H groups in total. The average molecular weight is 753 g/mol. The van der Waals surface area contributed by atoms with E-state index in [0.717, 1.165) is 22.3 Å². The molecular formula is C40H47Cl2N3O7. The normalized spacial score (nSPS) is 16.7. The predicted octanol–water partition coefficient (Wildman–Crippen LogP) is 8.65. The molecule has 1 saturated heterocycles. The number of likely N-dealkylation sites (tertiary alicyclic amines) is 1. The molecule has 3 atom stereocenters. The zero-order chi connectivity index (χ0) is 37.6. The van der Waals surface area contributed by atoms with Crippen molar-refractivity contribution in [1.82, 2.24) is 15.4 Å². The van der Waals surface area contributed by atoms with Gasteiger partial charge in [-0.15, -0.1) is 0 Å². The summed E-state index contributed by atoms with van der Waals surface area (Å²) in [7, 11) is 0. The Kier molecular flexibility index (Phi) is 12.8. The molecule has 1 aromatic heterocycles. The number of halogens is 2. The molecule has 278 valence electrons. The SMILES string of the molecule is CC(=O)NCCc1ccccc1-c1onc([C@H]2CN(C(=O)OC(C)(C)C)CC[C@@H]2c2ccc(OCCOc3c(Cl)cc(C)cc3Cl)cc2)c1C(C)O. The summed E-state index contributed by atoms with van der Waals surface area (Å²) in [5.41, 5.74) is 4.22. The zero-order valence-corrected chi connectivity index (χ0v) is 32.0. The van der Waals surface area contributed by atoms with Crippen LogP contribution in [-0.4, -0.2) is 65.6 Å². The van der Waals surface area contributed by atoms with Gasteiger partial charge < -0.3 is 34.1 Å². The van der Waals surface area contributed by atoms with Gasteiger partial charge >= 0.3 is 6.09 Å². The highest BCUT2D eigenvalue weighted by molar-refractivity contribution is 6.37. The summed E-state index contributed by atoms with van der Waals surface area (Å²) in [4.78, 5) is 26.6. The van der Waals surface area contributed by atoms with Crippen molar-refractivity contribution in [3.8, 4) is 22.8 Å². The molecule has 12 heteroatoms. The van der Waals surface area contributed by atoms with E-state index < -0.39 is 17.8 Å². The molecule has 0 bridgehead atoms. The largest absolute Gasteiger partial charge is 0.490 e. The maximum absolute atomic E-state index is 13.3. The fourth-order valence-corrected chi connectivity index (χ4v) is 7.27. The maximum Gasteiger partial charge on any atom is 0.410 e. The molecule has 1 aliphatic rings. The van der Waals surface area contributed by atoms with E-state index >= 15 is 0 Å². The third-order valence-corrected chi connectivity index (χ3v) is 9.43. The number of carbonyl (C=O) groups is 2. The fourth-order valence-electron chi connectivity index (χ4n) is 6.57. The van der Waals surface area contributed by atoms with Crippen molar-refractivity contribution >= 4 is 35.2 Å². The van der Waals surface area contributed by atoms with Gasteiger partial charge in [-0.3, -0.25) is 4.79 Å². The van der Waals surface area contributed by atoms with Gasteiger partial charge in [-0.1, -0.05) is 64.8 Å². The summed E-state index contributed by atoms with van der Waals surface area (Å²) >= 11 is 12.6. The van der Waals surface area contributed by atoms with Gasteiger partial charge in [0.2, 0.25) is 5.91 Å². The number of ether oxygens (including phenoxy) is 3.